The van der Waals surface area contributed by atoms with E-state index < -0.39 is 30.1 Å². The fourth-order valence-corrected chi connectivity index (χ4v) is 3.87. The monoisotopic (exact) mass is 433 g/mol. The lowest BCUT2D eigenvalue weighted by molar-refractivity contribution is -0.137. The van der Waals surface area contributed by atoms with E-state index in [1.807, 2.05) is 27.7 Å². The van der Waals surface area contributed by atoms with Gasteiger partial charge in [0.15, 0.2) is 0 Å². The van der Waals surface area contributed by atoms with Crippen LogP contribution in [0.2, 0.25) is 0 Å². The van der Waals surface area contributed by atoms with Gasteiger partial charge in [-0.05, 0) is 65.1 Å². The Kier molecular flexibility index (Phi) is 5.07. The first-order valence-corrected chi connectivity index (χ1v) is 8.50. The summed E-state index contributed by atoms with van der Waals surface area (Å²) in [6, 6.07) is 0. The molecule has 1 aromatic heterocycles. The molecule has 0 radical (unpaired) electrons. The lowest BCUT2D eigenvalue weighted by atomic mass is 9.66. The molecule has 1 aliphatic rings. The molecule has 0 aromatic carbocycles. The van der Waals surface area contributed by atoms with Crippen molar-refractivity contribution >= 4 is 44.9 Å². The van der Waals surface area contributed by atoms with E-state index in [0.29, 0.717) is 0 Å². The zero-order valence-corrected chi connectivity index (χ0v) is 16.1. The Balaban J connectivity index is 2.43. The van der Waals surface area contributed by atoms with Crippen LogP contribution >= 0.6 is 31.9 Å². The van der Waals surface area contributed by atoms with Crippen LogP contribution in [-0.2, 0) is 14.1 Å². The van der Waals surface area contributed by atoms with E-state index in [1.54, 1.807) is 12.4 Å². The van der Waals surface area contributed by atoms with E-state index in [-0.39, 0.29) is 6.42 Å². The Labute approximate surface area is 147 Å². The van der Waals surface area contributed by atoms with Gasteiger partial charge in [0.05, 0.1) is 17.6 Å². The van der Waals surface area contributed by atoms with Gasteiger partial charge in [0.1, 0.15) is 0 Å². The molecule has 0 aliphatic carbocycles. The molecular weight excluding hydrogens is 417 g/mol. The summed E-state index contributed by atoms with van der Waals surface area (Å²) in [5, 5.41) is 9.29. The van der Waals surface area contributed by atoms with Crippen molar-refractivity contribution in [3.8, 4) is 0 Å². The molecule has 0 spiro atoms. The molecule has 2 rings (SSSR count). The van der Waals surface area contributed by atoms with Crippen LogP contribution in [0.3, 0.4) is 0 Å². The largest absolute Gasteiger partial charge is 0.481 e. The van der Waals surface area contributed by atoms with Crippen molar-refractivity contribution in [3.63, 3.8) is 0 Å². The van der Waals surface area contributed by atoms with Crippen molar-refractivity contribution in [2.45, 2.75) is 51.1 Å². The number of pyridine rings is 1. The summed E-state index contributed by atoms with van der Waals surface area (Å²) in [4.78, 5) is 15.4. The Morgan fingerprint density at radius 3 is 2.09 bits per heavy atom. The Morgan fingerprint density at radius 2 is 1.68 bits per heavy atom. The van der Waals surface area contributed by atoms with E-state index in [1.165, 1.54) is 0 Å². The maximum Gasteiger partial charge on any atom is 0.466 e. The minimum absolute atomic E-state index is 0.0992. The summed E-state index contributed by atoms with van der Waals surface area (Å²) in [6.45, 7) is 7.78. The predicted octanol–water partition coefficient (Wildman–Crippen LogP) is 3.80. The van der Waals surface area contributed by atoms with Crippen LogP contribution in [-0.4, -0.2) is 34.4 Å². The van der Waals surface area contributed by atoms with Crippen molar-refractivity contribution in [1.29, 1.82) is 0 Å². The fraction of sp³-hybridized carbons (Fsp3) is 0.571. The third kappa shape index (κ3) is 3.40. The number of carboxylic acids is 1. The number of rotatable bonds is 4. The molecule has 0 saturated carbocycles. The summed E-state index contributed by atoms with van der Waals surface area (Å²) in [5.74, 6) is -1.36. The highest BCUT2D eigenvalue weighted by Crippen LogP contribution is 2.44. The molecule has 1 atom stereocenters. The quantitative estimate of drug-likeness (QED) is 0.730. The molecule has 0 amide bonds. The number of carboxylic acid groups (broad SMARTS) is 1. The van der Waals surface area contributed by atoms with Gasteiger partial charge in [-0.25, -0.2) is 0 Å². The first kappa shape index (κ1) is 17.9. The standard InChI is InChI=1S/C14H18BBr2NO4/c1-13(2)14(3,4)22-15(21-13)8(5-11(19)20)12-9(16)6-18-7-10(12)17/h6-8H,5H2,1-4H3,(H,19,20). The van der Waals surface area contributed by atoms with Gasteiger partial charge in [-0.3, -0.25) is 9.78 Å². The average Bonchev–Trinajstić information content (AvgIpc) is 2.56. The molecule has 120 valence electrons. The van der Waals surface area contributed by atoms with Gasteiger partial charge in [-0.1, -0.05) is 0 Å². The topological polar surface area (TPSA) is 68.7 Å². The SMILES string of the molecule is CC1(C)OB(C(CC(=O)O)c2c(Br)cncc2Br)OC1(C)C. The van der Waals surface area contributed by atoms with Gasteiger partial charge in [0, 0.05) is 27.2 Å². The number of hydrogen-bond acceptors (Lipinski definition) is 4. The van der Waals surface area contributed by atoms with E-state index in [2.05, 4.69) is 36.8 Å². The highest BCUT2D eigenvalue weighted by atomic mass is 79.9. The van der Waals surface area contributed by atoms with Gasteiger partial charge in [-0.15, -0.1) is 0 Å². The number of halogens is 2. The molecule has 1 N–H and O–H groups in total. The minimum Gasteiger partial charge on any atom is -0.481 e. The van der Waals surface area contributed by atoms with Crippen LogP contribution in [0.4, 0.5) is 0 Å². The van der Waals surface area contributed by atoms with Crippen molar-refractivity contribution in [1.82, 2.24) is 4.98 Å². The molecule has 1 saturated heterocycles. The van der Waals surface area contributed by atoms with Crippen LogP contribution in [0.5, 0.6) is 0 Å². The highest BCUT2D eigenvalue weighted by Gasteiger charge is 2.54. The zero-order valence-electron chi connectivity index (χ0n) is 12.9. The molecule has 2 heterocycles. The molecule has 5 nitrogen and oxygen atoms in total. The second-order valence-electron chi connectivity index (χ2n) is 6.35. The molecule has 1 aromatic rings. The summed E-state index contributed by atoms with van der Waals surface area (Å²) >= 11 is 6.89. The fourth-order valence-electron chi connectivity index (χ4n) is 2.35. The van der Waals surface area contributed by atoms with Gasteiger partial charge in [-0.2, -0.15) is 0 Å². The van der Waals surface area contributed by atoms with Gasteiger partial charge in [0.25, 0.3) is 0 Å². The van der Waals surface area contributed by atoms with E-state index >= 15 is 0 Å². The predicted molar refractivity (Wildman–Crippen MR) is 90.7 cm³/mol. The van der Waals surface area contributed by atoms with E-state index in [9.17, 15) is 9.90 Å². The molecule has 1 unspecified atom stereocenters. The molecule has 1 fully saturated rings. The lowest BCUT2D eigenvalue weighted by Crippen LogP contribution is -2.41. The van der Waals surface area contributed by atoms with Crippen LogP contribution < -0.4 is 0 Å². The summed E-state index contributed by atoms with van der Waals surface area (Å²) in [7, 11) is -0.643. The zero-order chi connectivity index (χ0) is 16.7. The number of nitrogens with zero attached hydrogens (tertiary/aromatic N) is 1. The van der Waals surface area contributed by atoms with Crippen LogP contribution in [0, 0.1) is 0 Å². The third-order valence-electron chi connectivity index (χ3n) is 4.26. The maximum absolute atomic E-state index is 11.3. The smallest absolute Gasteiger partial charge is 0.466 e. The minimum atomic E-state index is -0.907. The van der Waals surface area contributed by atoms with Gasteiger partial charge < -0.3 is 14.4 Å². The van der Waals surface area contributed by atoms with Crippen LogP contribution in [0.15, 0.2) is 21.3 Å². The first-order chi connectivity index (χ1) is 10.0. The number of hydrogen-bond donors (Lipinski definition) is 1. The molecule has 1 aliphatic heterocycles. The summed E-state index contributed by atoms with van der Waals surface area (Å²) in [6.07, 6.45) is 3.18. The summed E-state index contributed by atoms with van der Waals surface area (Å²) in [5.41, 5.74) is -0.239. The average molecular weight is 435 g/mol. The Hall–Kier alpha value is -0.435. The van der Waals surface area contributed by atoms with Crippen molar-refractivity contribution in [3.05, 3.63) is 26.9 Å². The Bertz CT molecular complexity index is 558. The number of aromatic nitrogens is 1. The molecule has 22 heavy (non-hydrogen) atoms. The van der Waals surface area contributed by atoms with Gasteiger partial charge in [0.2, 0.25) is 0 Å². The molecular formula is C14H18BBr2NO4. The summed E-state index contributed by atoms with van der Waals surface area (Å²) < 4.78 is 13.5. The van der Waals surface area contributed by atoms with Gasteiger partial charge >= 0.3 is 13.1 Å². The van der Waals surface area contributed by atoms with Crippen molar-refractivity contribution in [2.75, 3.05) is 0 Å². The second-order valence-corrected chi connectivity index (χ2v) is 8.05. The van der Waals surface area contributed by atoms with E-state index in [0.717, 1.165) is 14.5 Å². The first-order valence-electron chi connectivity index (χ1n) is 6.91. The number of aliphatic carboxylic acids is 1. The van der Waals surface area contributed by atoms with E-state index in [4.69, 9.17) is 9.31 Å². The second kappa shape index (κ2) is 6.22. The third-order valence-corrected chi connectivity index (χ3v) is 5.52. The Morgan fingerprint density at radius 1 is 1.23 bits per heavy atom. The normalized spacial score (nSPS) is 20.9. The highest BCUT2D eigenvalue weighted by molar-refractivity contribution is 9.11. The van der Waals surface area contributed by atoms with Crippen molar-refractivity contribution < 1.29 is 19.2 Å². The lowest BCUT2D eigenvalue weighted by Gasteiger charge is -2.32. The van der Waals surface area contributed by atoms with Crippen LogP contribution in [0.1, 0.15) is 45.5 Å². The molecule has 8 heteroatoms. The van der Waals surface area contributed by atoms with Crippen molar-refractivity contribution in [2.24, 2.45) is 0 Å². The number of carbonyl (C=O) groups is 1. The molecule has 0 bridgehead atoms. The van der Waals surface area contributed by atoms with Crippen LogP contribution in [0.25, 0.3) is 0 Å². The maximum atomic E-state index is 11.3.